The lowest BCUT2D eigenvalue weighted by Crippen LogP contribution is -2.35. The number of para-hydroxylation sites is 1. The summed E-state index contributed by atoms with van der Waals surface area (Å²) in [4.78, 5) is 26.6. The quantitative estimate of drug-likeness (QED) is 0.939. The van der Waals surface area contributed by atoms with E-state index in [1.807, 2.05) is 23.1 Å². The number of fused-ring (bicyclic) bond motifs is 1. The van der Waals surface area contributed by atoms with E-state index in [9.17, 15) is 9.59 Å². The fourth-order valence-corrected chi connectivity index (χ4v) is 3.30. The molecule has 0 unspecified atom stereocenters. The molecule has 0 saturated heterocycles. The minimum atomic E-state index is 0.00696. The number of hydrogen-bond acceptors (Lipinski definition) is 2. The van der Waals surface area contributed by atoms with E-state index < -0.39 is 0 Å². The summed E-state index contributed by atoms with van der Waals surface area (Å²) in [6.07, 6.45) is 2.85. The summed E-state index contributed by atoms with van der Waals surface area (Å²) in [5, 5.41) is 2.90. The molecule has 24 heavy (non-hydrogen) atoms. The molecule has 1 aliphatic heterocycles. The predicted octanol–water partition coefficient (Wildman–Crippen LogP) is 3.63. The molecule has 2 aromatic rings. The maximum atomic E-state index is 12.9. The molecule has 4 nitrogen and oxygen atoms in total. The van der Waals surface area contributed by atoms with Crippen LogP contribution in [-0.4, -0.2) is 17.9 Å². The summed E-state index contributed by atoms with van der Waals surface area (Å²) in [5.74, 6) is 0.261. The highest BCUT2D eigenvalue weighted by Crippen LogP contribution is 2.33. The molecule has 4 rings (SSSR count). The van der Waals surface area contributed by atoms with E-state index in [0.717, 1.165) is 30.6 Å². The molecule has 1 N–H and O–H groups in total. The molecular weight excluding hydrogens is 300 g/mol. The number of carbonyl (C=O) groups is 2. The first-order chi connectivity index (χ1) is 11.6. The number of hydrogen-bond donors (Lipinski definition) is 1. The Balaban J connectivity index is 1.53. The lowest BCUT2D eigenvalue weighted by Gasteiger charge is -2.23. The van der Waals surface area contributed by atoms with Crippen LogP contribution in [0.4, 0.5) is 11.4 Å². The summed E-state index contributed by atoms with van der Waals surface area (Å²) < 4.78 is 0. The second-order valence-corrected chi connectivity index (χ2v) is 6.70. The Bertz CT molecular complexity index is 794. The molecule has 2 aromatic carbocycles. The standard InChI is InChI=1S/C20H20N2O2/c1-13-12-16-4-2-3-5-18(16)22(13)20(24)15-8-10-17(11-9-15)21-19(23)14-6-7-14/h2-5,8-11,13-14H,6-7,12H2,1H3,(H,21,23)/t13-/m0/s1. The largest absolute Gasteiger partial charge is 0.326 e. The van der Waals surface area contributed by atoms with Gasteiger partial charge in [0.05, 0.1) is 0 Å². The smallest absolute Gasteiger partial charge is 0.258 e. The van der Waals surface area contributed by atoms with E-state index in [-0.39, 0.29) is 23.8 Å². The Labute approximate surface area is 141 Å². The maximum absolute atomic E-state index is 12.9. The molecule has 4 heteroatoms. The van der Waals surface area contributed by atoms with Crippen molar-refractivity contribution < 1.29 is 9.59 Å². The molecular formula is C20H20N2O2. The lowest BCUT2D eigenvalue weighted by atomic mass is 10.1. The highest BCUT2D eigenvalue weighted by molar-refractivity contribution is 6.08. The Morgan fingerprint density at radius 1 is 1.04 bits per heavy atom. The number of amides is 2. The highest BCUT2D eigenvalue weighted by atomic mass is 16.2. The van der Waals surface area contributed by atoms with Crippen LogP contribution in [0.2, 0.25) is 0 Å². The van der Waals surface area contributed by atoms with E-state index in [2.05, 4.69) is 18.3 Å². The second-order valence-electron chi connectivity index (χ2n) is 6.70. The van der Waals surface area contributed by atoms with Crippen molar-refractivity contribution >= 4 is 23.2 Å². The molecule has 0 spiro atoms. The predicted molar refractivity (Wildman–Crippen MR) is 94.2 cm³/mol. The van der Waals surface area contributed by atoms with Crippen molar-refractivity contribution in [2.45, 2.75) is 32.2 Å². The fraction of sp³-hybridized carbons (Fsp3) is 0.300. The van der Waals surface area contributed by atoms with Crippen LogP contribution in [0.3, 0.4) is 0 Å². The van der Waals surface area contributed by atoms with Crippen molar-refractivity contribution in [2.24, 2.45) is 5.92 Å². The van der Waals surface area contributed by atoms with Gasteiger partial charge in [0, 0.05) is 28.9 Å². The Morgan fingerprint density at radius 3 is 2.46 bits per heavy atom. The minimum absolute atomic E-state index is 0.00696. The zero-order chi connectivity index (χ0) is 16.7. The first-order valence-corrected chi connectivity index (χ1v) is 8.46. The van der Waals surface area contributed by atoms with Gasteiger partial charge in [0.1, 0.15) is 0 Å². The van der Waals surface area contributed by atoms with Crippen LogP contribution in [0.5, 0.6) is 0 Å². The average Bonchev–Trinajstić information content (AvgIpc) is 3.37. The topological polar surface area (TPSA) is 49.4 Å². The molecule has 2 amide bonds. The maximum Gasteiger partial charge on any atom is 0.258 e. The zero-order valence-corrected chi connectivity index (χ0v) is 13.7. The SMILES string of the molecule is C[C@H]1Cc2ccccc2N1C(=O)c1ccc(NC(=O)C2CC2)cc1. The molecule has 1 aliphatic carbocycles. The van der Waals surface area contributed by atoms with E-state index in [1.165, 1.54) is 5.56 Å². The monoisotopic (exact) mass is 320 g/mol. The van der Waals surface area contributed by atoms with Gasteiger partial charge < -0.3 is 10.2 Å². The normalized spacial score (nSPS) is 19.0. The van der Waals surface area contributed by atoms with Crippen molar-refractivity contribution in [1.29, 1.82) is 0 Å². The van der Waals surface area contributed by atoms with Gasteiger partial charge in [0.25, 0.3) is 5.91 Å². The third kappa shape index (κ3) is 2.68. The fourth-order valence-electron chi connectivity index (χ4n) is 3.30. The molecule has 1 heterocycles. The van der Waals surface area contributed by atoms with Crippen LogP contribution in [0.15, 0.2) is 48.5 Å². The Kier molecular flexibility index (Phi) is 3.60. The molecule has 1 saturated carbocycles. The van der Waals surface area contributed by atoms with Gasteiger partial charge in [-0.15, -0.1) is 0 Å². The van der Waals surface area contributed by atoms with E-state index in [0.29, 0.717) is 5.56 Å². The number of carbonyl (C=O) groups excluding carboxylic acids is 2. The van der Waals surface area contributed by atoms with Gasteiger partial charge in [-0.1, -0.05) is 18.2 Å². The van der Waals surface area contributed by atoms with Gasteiger partial charge >= 0.3 is 0 Å². The molecule has 0 aromatic heterocycles. The van der Waals surface area contributed by atoms with Gasteiger partial charge in [0.15, 0.2) is 0 Å². The Morgan fingerprint density at radius 2 is 1.75 bits per heavy atom. The van der Waals surface area contributed by atoms with E-state index in [1.54, 1.807) is 24.3 Å². The van der Waals surface area contributed by atoms with Gasteiger partial charge in [-0.2, -0.15) is 0 Å². The first kappa shape index (κ1) is 14.9. The highest BCUT2D eigenvalue weighted by Gasteiger charge is 2.31. The summed E-state index contributed by atoms with van der Waals surface area (Å²) >= 11 is 0. The third-order valence-corrected chi connectivity index (χ3v) is 4.77. The van der Waals surface area contributed by atoms with Crippen molar-refractivity contribution in [1.82, 2.24) is 0 Å². The van der Waals surface area contributed by atoms with Gasteiger partial charge in [-0.25, -0.2) is 0 Å². The first-order valence-electron chi connectivity index (χ1n) is 8.46. The van der Waals surface area contributed by atoms with Crippen molar-refractivity contribution in [3.63, 3.8) is 0 Å². The van der Waals surface area contributed by atoms with Crippen LogP contribution in [0, 0.1) is 5.92 Å². The van der Waals surface area contributed by atoms with E-state index in [4.69, 9.17) is 0 Å². The number of nitrogens with zero attached hydrogens (tertiary/aromatic N) is 1. The molecule has 2 aliphatic rings. The summed E-state index contributed by atoms with van der Waals surface area (Å²) in [5.41, 5.74) is 3.61. The number of benzene rings is 2. The molecule has 1 atom stereocenters. The second kappa shape index (κ2) is 5.78. The van der Waals surface area contributed by atoms with Crippen LogP contribution >= 0.6 is 0 Å². The lowest BCUT2D eigenvalue weighted by molar-refractivity contribution is -0.117. The van der Waals surface area contributed by atoms with Crippen LogP contribution in [0.25, 0.3) is 0 Å². The van der Waals surface area contributed by atoms with Crippen LogP contribution < -0.4 is 10.2 Å². The summed E-state index contributed by atoms with van der Waals surface area (Å²) in [6, 6.07) is 15.4. The molecule has 1 fully saturated rings. The molecule has 122 valence electrons. The minimum Gasteiger partial charge on any atom is -0.326 e. The van der Waals surface area contributed by atoms with Crippen LogP contribution in [0.1, 0.15) is 35.7 Å². The average molecular weight is 320 g/mol. The van der Waals surface area contributed by atoms with Crippen molar-refractivity contribution in [3.05, 3.63) is 59.7 Å². The molecule has 0 radical (unpaired) electrons. The van der Waals surface area contributed by atoms with Gasteiger partial charge in [0.2, 0.25) is 5.91 Å². The third-order valence-electron chi connectivity index (χ3n) is 4.77. The number of rotatable bonds is 3. The summed E-state index contributed by atoms with van der Waals surface area (Å²) in [7, 11) is 0. The number of anilines is 2. The van der Waals surface area contributed by atoms with Crippen molar-refractivity contribution in [2.75, 3.05) is 10.2 Å². The van der Waals surface area contributed by atoms with E-state index >= 15 is 0 Å². The zero-order valence-electron chi connectivity index (χ0n) is 13.7. The van der Waals surface area contributed by atoms with Gasteiger partial charge in [-0.05, 0) is 62.1 Å². The number of nitrogens with one attached hydrogen (secondary N) is 1. The van der Waals surface area contributed by atoms with Crippen LogP contribution in [-0.2, 0) is 11.2 Å². The summed E-state index contributed by atoms with van der Waals surface area (Å²) in [6.45, 7) is 2.07. The molecule has 0 bridgehead atoms. The van der Waals surface area contributed by atoms with Crippen molar-refractivity contribution in [3.8, 4) is 0 Å². The van der Waals surface area contributed by atoms with Gasteiger partial charge in [-0.3, -0.25) is 9.59 Å². The Hall–Kier alpha value is -2.62.